The molecule has 102 valence electrons. The summed E-state index contributed by atoms with van der Waals surface area (Å²) in [7, 11) is 0. The minimum absolute atomic E-state index is 0.205. The van der Waals surface area contributed by atoms with Crippen molar-refractivity contribution in [1.82, 2.24) is 20.2 Å². The van der Waals surface area contributed by atoms with E-state index in [0.717, 1.165) is 5.56 Å². The fraction of sp³-hybridized carbons (Fsp3) is 0.0833. The molecule has 0 aliphatic carbocycles. The van der Waals surface area contributed by atoms with Gasteiger partial charge in [-0.25, -0.2) is 10.2 Å². The van der Waals surface area contributed by atoms with Gasteiger partial charge in [0, 0.05) is 0 Å². The molecule has 8 heteroatoms. The van der Waals surface area contributed by atoms with E-state index in [0.29, 0.717) is 22.5 Å². The minimum atomic E-state index is -0.359. The van der Waals surface area contributed by atoms with Gasteiger partial charge in [0.25, 0.3) is 0 Å². The molecule has 5 N–H and O–H groups in total. The fourth-order valence-corrected chi connectivity index (χ4v) is 1.84. The Labute approximate surface area is 113 Å². The molecule has 2 heterocycles. The van der Waals surface area contributed by atoms with Gasteiger partial charge in [0.2, 0.25) is 5.95 Å². The highest BCUT2D eigenvalue weighted by atomic mass is 19.1. The number of nitrogen functional groups attached to an aromatic ring is 1. The Morgan fingerprint density at radius 3 is 2.90 bits per heavy atom. The van der Waals surface area contributed by atoms with Crippen LogP contribution in [-0.2, 0) is 0 Å². The zero-order valence-corrected chi connectivity index (χ0v) is 10.6. The van der Waals surface area contributed by atoms with E-state index in [1.807, 2.05) is 6.92 Å². The topological polar surface area (TPSA) is 105 Å². The number of rotatable bonds is 3. The second-order valence-electron chi connectivity index (χ2n) is 4.28. The Kier molecular flexibility index (Phi) is 2.92. The number of aryl methyl sites for hydroxylation is 1. The van der Waals surface area contributed by atoms with Gasteiger partial charge in [0.05, 0.1) is 17.3 Å². The van der Waals surface area contributed by atoms with Crippen molar-refractivity contribution in [2.75, 3.05) is 10.7 Å². The van der Waals surface area contributed by atoms with Crippen LogP contribution in [0.4, 0.5) is 21.8 Å². The number of hydrazine groups is 1. The number of halogens is 1. The first-order chi connectivity index (χ1) is 9.67. The highest BCUT2D eigenvalue weighted by Crippen LogP contribution is 2.25. The maximum atomic E-state index is 13.9. The van der Waals surface area contributed by atoms with E-state index in [2.05, 4.69) is 30.9 Å². The van der Waals surface area contributed by atoms with Crippen LogP contribution in [0.5, 0.6) is 0 Å². The van der Waals surface area contributed by atoms with Crippen molar-refractivity contribution < 1.29 is 4.39 Å². The normalized spacial score (nSPS) is 10.8. The average molecular weight is 273 g/mol. The summed E-state index contributed by atoms with van der Waals surface area (Å²) in [6.07, 6.45) is 1.56. The highest BCUT2D eigenvalue weighted by Gasteiger charge is 2.11. The van der Waals surface area contributed by atoms with Gasteiger partial charge < -0.3 is 5.32 Å². The molecule has 0 fully saturated rings. The Hall–Kier alpha value is -2.74. The first-order valence-electron chi connectivity index (χ1n) is 5.88. The Bertz CT molecular complexity index is 768. The maximum Gasteiger partial charge on any atom is 0.241 e. The van der Waals surface area contributed by atoms with Crippen LogP contribution in [-0.4, -0.2) is 20.2 Å². The second kappa shape index (κ2) is 4.74. The van der Waals surface area contributed by atoms with Crippen LogP contribution in [0.15, 0.2) is 24.4 Å². The molecule has 0 bridgehead atoms. The smallest absolute Gasteiger partial charge is 0.241 e. The van der Waals surface area contributed by atoms with Gasteiger partial charge in [-0.1, -0.05) is 6.07 Å². The lowest BCUT2D eigenvalue weighted by Crippen LogP contribution is -2.11. The van der Waals surface area contributed by atoms with Gasteiger partial charge in [0.1, 0.15) is 11.6 Å². The largest absolute Gasteiger partial charge is 0.337 e. The number of nitrogens with two attached hydrogens (primary N) is 1. The Balaban J connectivity index is 2.07. The van der Waals surface area contributed by atoms with Crippen molar-refractivity contribution in [3.8, 4) is 0 Å². The second-order valence-corrected chi connectivity index (χ2v) is 4.28. The van der Waals surface area contributed by atoms with Crippen LogP contribution in [0.2, 0.25) is 0 Å². The molecule has 7 nitrogen and oxygen atoms in total. The van der Waals surface area contributed by atoms with E-state index in [1.54, 1.807) is 18.3 Å². The monoisotopic (exact) mass is 273 g/mol. The third-order valence-electron chi connectivity index (χ3n) is 2.82. The number of hydrogen-bond acceptors (Lipinski definition) is 6. The minimum Gasteiger partial charge on any atom is -0.337 e. The molecule has 0 atom stereocenters. The van der Waals surface area contributed by atoms with Crippen molar-refractivity contribution in [3.05, 3.63) is 35.8 Å². The van der Waals surface area contributed by atoms with Crippen molar-refractivity contribution in [2.45, 2.75) is 6.92 Å². The van der Waals surface area contributed by atoms with Crippen LogP contribution < -0.4 is 16.6 Å². The van der Waals surface area contributed by atoms with Crippen LogP contribution in [0.3, 0.4) is 0 Å². The third-order valence-corrected chi connectivity index (χ3v) is 2.82. The number of H-pyrrole nitrogens is 1. The van der Waals surface area contributed by atoms with Crippen molar-refractivity contribution in [2.24, 2.45) is 5.84 Å². The van der Waals surface area contributed by atoms with Gasteiger partial charge in [-0.05, 0) is 24.6 Å². The number of aromatic amines is 1. The predicted octanol–water partition coefficient (Wildman–Crippen LogP) is 1.83. The summed E-state index contributed by atoms with van der Waals surface area (Å²) in [5, 5.41) is 10.2. The van der Waals surface area contributed by atoms with E-state index in [1.165, 1.54) is 6.07 Å². The average Bonchev–Trinajstić information content (AvgIpc) is 2.90. The summed E-state index contributed by atoms with van der Waals surface area (Å²) in [5.41, 5.74) is 4.02. The molecule has 0 aliphatic heterocycles. The number of nitrogens with one attached hydrogen (secondary N) is 3. The summed E-state index contributed by atoms with van der Waals surface area (Å²) in [4.78, 5) is 8.26. The molecule has 0 radical (unpaired) electrons. The van der Waals surface area contributed by atoms with E-state index >= 15 is 0 Å². The molecule has 20 heavy (non-hydrogen) atoms. The van der Waals surface area contributed by atoms with Gasteiger partial charge in [-0.3, -0.25) is 10.5 Å². The SMILES string of the molecule is Cc1ccc(Nc2nc(NN)nc3[nH]ncc23)c(F)c1. The summed E-state index contributed by atoms with van der Waals surface area (Å²) < 4.78 is 13.9. The molecular weight excluding hydrogens is 261 g/mol. The predicted molar refractivity (Wildman–Crippen MR) is 73.9 cm³/mol. The van der Waals surface area contributed by atoms with Crippen LogP contribution in [0, 0.1) is 12.7 Å². The summed E-state index contributed by atoms with van der Waals surface area (Å²) in [6.45, 7) is 1.82. The van der Waals surface area contributed by atoms with Crippen molar-refractivity contribution >= 4 is 28.5 Å². The molecule has 0 unspecified atom stereocenters. The molecule has 1 aromatic carbocycles. The quantitative estimate of drug-likeness (QED) is 0.428. The Morgan fingerprint density at radius 2 is 2.15 bits per heavy atom. The molecule has 0 amide bonds. The fourth-order valence-electron chi connectivity index (χ4n) is 1.84. The van der Waals surface area contributed by atoms with Gasteiger partial charge in [0.15, 0.2) is 5.65 Å². The lowest BCUT2D eigenvalue weighted by atomic mass is 10.2. The van der Waals surface area contributed by atoms with Crippen molar-refractivity contribution in [1.29, 1.82) is 0 Å². The first-order valence-corrected chi connectivity index (χ1v) is 5.88. The number of aromatic nitrogens is 4. The van der Waals surface area contributed by atoms with Crippen LogP contribution in [0.25, 0.3) is 11.0 Å². The molecule has 0 aliphatic rings. The molecule has 2 aromatic heterocycles. The number of nitrogens with zero attached hydrogens (tertiary/aromatic N) is 3. The zero-order chi connectivity index (χ0) is 14.1. The number of benzene rings is 1. The molecular formula is C12H12FN7. The van der Waals surface area contributed by atoms with Gasteiger partial charge in [-0.2, -0.15) is 15.1 Å². The van der Waals surface area contributed by atoms with E-state index < -0.39 is 0 Å². The zero-order valence-electron chi connectivity index (χ0n) is 10.6. The molecule has 0 spiro atoms. The number of hydrogen-bond donors (Lipinski definition) is 4. The van der Waals surface area contributed by atoms with Gasteiger partial charge >= 0.3 is 0 Å². The third kappa shape index (κ3) is 2.12. The molecule has 0 saturated heterocycles. The highest BCUT2D eigenvalue weighted by molar-refractivity contribution is 5.89. The van der Waals surface area contributed by atoms with Gasteiger partial charge in [-0.15, -0.1) is 0 Å². The van der Waals surface area contributed by atoms with Crippen molar-refractivity contribution in [3.63, 3.8) is 0 Å². The number of anilines is 3. The van der Waals surface area contributed by atoms with E-state index in [9.17, 15) is 4.39 Å². The van der Waals surface area contributed by atoms with E-state index in [4.69, 9.17) is 5.84 Å². The summed E-state index contributed by atoms with van der Waals surface area (Å²) >= 11 is 0. The maximum absolute atomic E-state index is 13.9. The molecule has 0 saturated carbocycles. The molecule has 3 rings (SSSR count). The van der Waals surface area contributed by atoms with Crippen LogP contribution >= 0.6 is 0 Å². The number of fused-ring (bicyclic) bond motifs is 1. The summed E-state index contributed by atoms with van der Waals surface area (Å²) in [6, 6.07) is 4.90. The van der Waals surface area contributed by atoms with E-state index in [-0.39, 0.29) is 11.8 Å². The lowest BCUT2D eigenvalue weighted by molar-refractivity contribution is 0.630. The molecule has 3 aromatic rings. The summed E-state index contributed by atoms with van der Waals surface area (Å²) in [5.74, 6) is 5.57. The lowest BCUT2D eigenvalue weighted by Gasteiger charge is -2.09. The first kappa shape index (κ1) is 12.3. The Morgan fingerprint density at radius 1 is 1.30 bits per heavy atom. The van der Waals surface area contributed by atoms with Crippen LogP contribution in [0.1, 0.15) is 5.56 Å². The standard InChI is InChI=1S/C12H12FN7/c1-6-2-3-9(8(13)4-6)16-10-7-5-15-20-11(7)18-12(17-10)19-14/h2-5H,14H2,1H3,(H3,15,16,17,18,19,20).